The number of fused-ring (bicyclic) bond motifs is 1. The fourth-order valence-electron chi connectivity index (χ4n) is 3.68. The van der Waals surface area contributed by atoms with Crippen LogP contribution in [0.5, 0.6) is 5.75 Å². The highest BCUT2D eigenvalue weighted by Gasteiger charge is 2.38. The molecule has 1 aliphatic heterocycles. The highest BCUT2D eigenvalue weighted by molar-refractivity contribution is 6.00. The summed E-state index contributed by atoms with van der Waals surface area (Å²) in [5.74, 6) is -1.80. The molecule has 0 radical (unpaired) electrons. The summed E-state index contributed by atoms with van der Waals surface area (Å²) < 4.78 is 6.05. The number of hydrogen-bond donors (Lipinski definition) is 2. The summed E-state index contributed by atoms with van der Waals surface area (Å²) in [6.07, 6.45) is 0.183. The van der Waals surface area contributed by atoms with E-state index in [2.05, 4.69) is 39.8 Å². The van der Waals surface area contributed by atoms with E-state index < -0.39 is 11.7 Å². The Morgan fingerprint density at radius 2 is 1.75 bits per heavy atom. The number of carbonyl (C=O) groups is 2. The first-order chi connectivity index (χ1) is 12.9. The van der Waals surface area contributed by atoms with Gasteiger partial charge in [-0.1, -0.05) is 32.0 Å². The monoisotopic (exact) mass is 382 g/mol. The van der Waals surface area contributed by atoms with Crippen molar-refractivity contribution in [2.24, 2.45) is 0 Å². The molecule has 2 N–H and O–H groups in total. The van der Waals surface area contributed by atoms with Crippen LogP contribution in [0.3, 0.4) is 0 Å². The molecule has 0 fully saturated rings. The highest BCUT2D eigenvalue weighted by Crippen LogP contribution is 2.42. The lowest BCUT2D eigenvalue weighted by molar-refractivity contribution is -0.0588. The number of carboxylic acids is 1. The van der Waals surface area contributed by atoms with Gasteiger partial charge in [0.05, 0.1) is 12.2 Å². The Kier molecular flexibility index (Phi) is 4.84. The number of hydrogen-bond acceptors (Lipinski definition) is 4. The van der Waals surface area contributed by atoms with Gasteiger partial charge in [-0.2, -0.15) is 0 Å². The number of carboxylic acid groups (broad SMARTS) is 1. The molecule has 0 amide bonds. The van der Waals surface area contributed by atoms with Gasteiger partial charge in [-0.3, -0.25) is 4.79 Å². The fourth-order valence-corrected chi connectivity index (χ4v) is 3.68. The third kappa shape index (κ3) is 3.54. The van der Waals surface area contributed by atoms with Crippen molar-refractivity contribution in [2.75, 3.05) is 6.61 Å². The van der Waals surface area contributed by atoms with Crippen molar-refractivity contribution in [3.63, 3.8) is 0 Å². The van der Waals surface area contributed by atoms with Crippen molar-refractivity contribution < 1.29 is 24.5 Å². The topological polar surface area (TPSA) is 83.8 Å². The number of carbonyl (C=O) groups excluding carboxylic acids is 1. The van der Waals surface area contributed by atoms with E-state index in [1.54, 1.807) is 0 Å². The standard InChI is InChI=1S/C23H26O5/c1-13-8-18-17(22(2,3)12-28-23(18,4)5)9-15(13)11-19(24)14-6-7-16(21(26)27)20(25)10-14/h6-10,25H,11-12H2,1-5H3,(H,26,27). The van der Waals surface area contributed by atoms with Gasteiger partial charge in [-0.15, -0.1) is 0 Å². The molecule has 1 aliphatic rings. The van der Waals surface area contributed by atoms with E-state index in [4.69, 9.17) is 9.84 Å². The molecule has 5 heteroatoms. The van der Waals surface area contributed by atoms with Crippen LogP contribution in [0.2, 0.25) is 0 Å². The Morgan fingerprint density at radius 3 is 2.36 bits per heavy atom. The second-order valence-corrected chi connectivity index (χ2v) is 8.64. The van der Waals surface area contributed by atoms with Crippen LogP contribution in [0, 0.1) is 6.92 Å². The Hall–Kier alpha value is -2.66. The van der Waals surface area contributed by atoms with Crippen molar-refractivity contribution in [1.82, 2.24) is 0 Å². The van der Waals surface area contributed by atoms with Crippen LogP contribution < -0.4 is 0 Å². The lowest BCUT2D eigenvalue weighted by Gasteiger charge is -2.42. The number of aromatic carboxylic acids is 1. The van der Waals surface area contributed by atoms with E-state index in [0.29, 0.717) is 12.2 Å². The highest BCUT2D eigenvalue weighted by atomic mass is 16.5. The molecular formula is C23H26O5. The number of aryl methyl sites for hydroxylation is 1. The molecule has 2 aromatic carbocycles. The zero-order valence-corrected chi connectivity index (χ0v) is 16.9. The average Bonchev–Trinajstić information content (AvgIpc) is 2.60. The summed E-state index contributed by atoms with van der Waals surface area (Å²) in [4.78, 5) is 23.8. The summed E-state index contributed by atoms with van der Waals surface area (Å²) in [7, 11) is 0. The minimum atomic E-state index is -1.23. The van der Waals surface area contributed by atoms with Crippen molar-refractivity contribution in [2.45, 2.75) is 52.1 Å². The molecule has 0 atom stereocenters. The lowest BCUT2D eigenvalue weighted by Crippen LogP contribution is -2.40. The largest absolute Gasteiger partial charge is 0.507 e. The molecule has 1 heterocycles. The molecule has 28 heavy (non-hydrogen) atoms. The smallest absolute Gasteiger partial charge is 0.339 e. The molecule has 0 aromatic heterocycles. The van der Waals surface area contributed by atoms with Crippen molar-refractivity contribution in [1.29, 1.82) is 0 Å². The first-order valence-corrected chi connectivity index (χ1v) is 9.30. The molecule has 0 spiro atoms. The summed E-state index contributed by atoms with van der Waals surface area (Å²) in [6.45, 7) is 10.9. The Morgan fingerprint density at radius 1 is 1.07 bits per heavy atom. The van der Waals surface area contributed by atoms with Gasteiger partial charge in [-0.25, -0.2) is 4.79 Å². The van der Waals surface area contributed by atoms with Crippen molar-refractivity contribution >= 4 is 11.8 Å². The van der Waals surface area contributed by atoms with Gasteiger partial charge in [0, 0.05) is 17.4 Å². The van der Waals surface area contributed by atoms with Crippen LogP contribution in [-0.4, -0.2) is 28.6 Å². The summed E-state index contributed by atoms with van der Waals surface area (Å²) in [6, 6.07) is 8.12. The summed E-state index contributed by atoms with van der Waals surface area (Å²) in [5.41, 5.74) is 3.80. The molecule has 5 nitrogen and oxygen atoms in total. The number of ketones is 1. The SMILES string of the molecule is Cc1cc2c(cc1CC(=O)c1ccc(C(=O)O)c(O)c1)C(C)(C)COC2(C)C. The Labute approximate surface area is 165 Å². The van der Waals surface area contributed by atoms with Crippen molar-refractivity contribution in [3.05, 3.63) is 63.7 Å². The van der Waals surface area contributed by atoms with E-state index in [1.165, 1.54) is 23.8 Å². The molecule has 0 aliphatic carbocycles. The molecule has 0 saturated carbocycles. The predicted octanol–water partition coefficient (Wildman–Crippen LogP) is 4.37. The number of benzene rings is 2. The van der Waals surface area contributed by atoms with Crippen LogP contribution >= 0.6 is 0 Å². The van der Waals surface area contributed by atoms with E-state index in [-0.39, 0.29) is 28.8 Å². The lowest BCUT2D eigenvalue weighted by atomic mass is 9.74. The Balaban J connectivity index is 1.96. The first-order valence-electron chi connectivity index (χ1n) is 9.30. The maximum Gasteiger partial charge on any atom is 0.339 e. The van der Waals surface area contributed by atoms with Gasteiger partial charge < -0.3 is 14.9 Å². The van der Waals surface area contributed by atoms with Gasteiger partial charge in [0.15, 0.2) is 5.78 Å². The average molecular weight is 382 g/mol. The third-order valence-corrected chi connectivity index (χ3v) is 5.55. The summed E-state index contributed by atoms with van der Waals surface area (Å²) >= 11 is 0. The van der Waals surface area contributed by atoms with E-state index in [0.717, 1.165) is 16.7 Å². The van der Waals surface area contributed by atoms with E-state index in [9.17, 15) is 14.7 Å². The van der Waals surface area contributed by atoms with Crippen LogP contribution in [0.1, 0.15) is 70.7 Å². The normalized spacial score (nSPS) is 17.0. The maximum absolute atomic E-state index is 12.8. The fraction of sp³-hybridized carbons (Fsp3) is 0.391. The predicted molar refractivity (Wildman–Crippen MR) is 106 cm³/mol. The van der Waals surface area contributed by atoms with Crippen LogP contribution in [-0.2, 0) is 22.2 Å². The minimum Gasteiger partial charge on any atom is -0.507 e. The molecule has 3 rings (SSSR count). The van der Waals surface area contributed by atoms with E-state index in [1.807, 2.05) is 6.92 Å². The zero-order valence-electron chi connectivity index (χ0n) is 16.9. The molecule has 148 valence electrons. The quantitative estimate of drug-likeness (QED) is 0.767. The van der Waals surface area contributed by atoms with Crippen LogP contribution in [0.4, 0.5) is 0 Å². The summed E-state index contributed by atoms with van der Waals surface area (Å²) in [5, 5.41) is 18.9. The number of phenols is 1. The molecule has 0 unspecified atom stereocenters. The van der Waals surface area contributed by atoms with E-state index >= 15 is 0 Å². The molecule has 0 bridgehead atoms. The number of Topliss-reactive ketones (excluding diaryl/α,β-unsaturated/α-hetero) is 1. The van der Waals surface area contributed by atoms with Crippen LogP contribution in [0.15, 0.2) is 30.3 Å². The minimum absolute atomic E-state index is 0.155. The van der Waals surface area contributed by atoms with Gasteiger partial charge in [-0.05, 0) is 55.2 Å². The molecule has 2 aromatic rings. The zero-order chi connectivity index (χ0) is 20.9. The van der Waals surface area contributed by atoms with Gasteiger partial charge in [0.25, 0.3) is 0 Å². The van der Waals surface area contributed by atoms with Gasteiger partial charge in [0.1, 0.15) is 11.3 Å². The van der Waals surface area contributed by atoms with Gasteiger partial charge >= 0.3 is 5.97 Å². The Bertz CT molecular complexity index is 969. The molecular weight excluding hydrogens is 356 g/mol. The second-order valence-electron chi connectivity index (χ2n) is 8.64. The number of aromatic hydroxyl groups is 1. The van der Waals surface area contributed by atoms with Crippen molar-refractivity contribution in [3.8, 4) is 5.75 Å². The number of ether oxygens (including phenoxy) is 1. The number of rotatable bonds is 4. The van der Waals surface area contributed by atoms with Crippen LogP contribution in [0.25, 0.3) is 0 Å². The maximum atomic E-state index is 12.8. The third-order valence-electron chi connectivity index (χ3n) is 5.55. The molecule has 0 saturated heterocycles. The second kappa shape index (κ2) is 6.74. The first kappa shape index (κ1) is 20.1. The van der Waals surface area contributed by atoms with Gasteiger partial charge in [0.2, 0.25) is 0 Å².